The van der Waals surface area contributed by atoms with Gasteiger partial charge in [-0.05, 0) is 31.0 Å². The van der Waals surface area contributed by atoms with Gasteiger partial charge in [0.1, 0.15) is 11.6 Å². The van der Waals surface area contributed by atoms with Crippen LogP contribution in [-0.4, -0.2) is 21.3 Å². The molecule has 0 saturated heterocycles. The minimum absolute atomic E-state index is 0.515. The summed E-state index contributed by atoms with van der Waals surface area (Å²) in [5, 5.41) is 10.2. The molecule has 1 aromatic heterocycles. The number of aryl methyl sites for hydroxylation is 1. The topological polar surface area (TPSA) is 47.3 Å². The lowest BCUT2D eigenvalue weighted by molar-refractivity contribution is 0.155. The van der Waals surface area contributed by atoms with E-state index >= 15 is 0 Å². The number of nitrogens with zero attached hydrogens (tertiary/aromatic N) is 2. The molecule has 0 radical (unpaired) electrons. The smallest absolute Gasteiger partial charge is 0.119 e. The Bertz CT molecular complexity index is 505. The Balaban J connectivity index is 1.99. The minimum Gasteiger partial charge on any atom is -0.494 e. The van der Waals surface area contributed by atoms with E-state index in [0.717, 1.165) is 30.2 Å². The van der Waals surface area contributed by atoms with E-state index in [1.54, 1.807) is 6.20 Å². The quantitative estimate of drug-likeness (QED) is 0.868. The summed E-state index contributed by atoms with van der Waals surface area (Å²) < 4.78 is 7.45. The molecule has 2 aromatic rings. The molecular formula is C15H20N2O2. The summed E-state index contributed by atoms with van der Waals surface area (Å²) in [6.45, 7) is 5.23. The first-order valence-corrected chi connectivity index (χ1v) is 6.59. The van der Waals surface area contributed by atoms with Gasteiger partial charge in [0, 0.05) is 12.4 Å². The van der Waals surface area contributed by atoms with E-state index in [-0.39, 0.29) is 0 Å². The number of aromatic nitrogens is 2. The van der Waals surface area contributed by atoms with Crippen LogP contribution in [0.25, 0.3) is 0 Å². The van der Waals surface area contributed by atoms with Gasteiger partial charge >= 0.3 is 0 Å². The number of imidazole rings is 1. The summed E-state index contributed by atoms with van der Waals surface area (Å²) >= 11 is 0. The van der Waals surface area contributed by atoms with Crippen molar-refractivity contribution in [1.82, 2.24) is 9.55 Å². The van der Waals surface area contributed by atoms with E-state index in [1.165, 1.54) is 0 Å². The Morgan fingerprint density at radius 1 is 1.32 bits per heavy atom. The van der Waals surface area contributed by atoms with E-state index in [1.807, 2.05) is 42.0 Å². The summed E-state index contributed by atoms with van der Waals surface area (Å²) in [4.78, 5) is 4.14. The van der Waals surface area contributed by atoms with Crippen molar-refractivity contribution in [2.45, 2.75) is 32.9 Å². The lowest BCUT2D eigenvalue weighted by Crippen LogP contribution is -2.09. The highest BCUT2D eigenvalue weighted by molar-refractivity contribution is 5.28. The van der Waals surface area contributed by atoms with Crippen molar-refractivity contribution >= 4 is 0 Å². The van der Waals surface area contributed by atoms with Gasteiger partial charge in [-0.15, -0.1) is 0 Å². The molecule has 1 aromatic carbocycles. The fourth-order valence-corrected chi connectivity index (χ4v) is 1.89. The molecule has 1 atom stereocenters. The van der Waals surface area contributed by atoms with Crippen LogP contribution >= 0.6 is 0 Å². The number of hydrogen-bond donors (Lipinski definition) is 1. The van der Waals surface area contributed by atoms with Crippen molar-refractivity contribution in [1.29, 1.82) is 0 Å². The fourth-order valence-electron chi connectivity index (χ4n) is 1.89. The van der Waals surface area contributed by atoms with Crippen molar-refractivity contribution in [2.75, 3.05) is 6.61 Å². The monoisotopic (exact) mass is 260 g/mol. The largest absolute Gasteiger partial charge is 0.494 e. The molecule has 0 bridgehead atoms. The number of aliphatic hydroxyl groups is 1. The zero-order valence-electron chi connectivity index (χ0n) is 11.4. The van der Waals surface area contributed by atoms with E-state index in [4.69, 9.17) is 4.74 Å². The highest BCUT2D eigenvalue weighted by atomic mass is 16.5. The van der Waals surface area contributed by atoms with Gasteiger partial charge in [0.05, 0.1) is 19.3 Å². The SMILES string of the molecule is CCCOc1ccc(C(O)Cn2ccnc2C)cc1. The summed E-state index contributed by atoms with van der Waals surface area (Å²) in [6, 6.07) is 7.60. The van der Waals surface area contributed by atoms with Gasteiger partial charge in [0.2, 0.25) is 0 Å². The predicted octanol–water partition coefficient (Wildman–Crippen LogP) is 2.71. The van der Waals surface area contributed by atoms with E-state index in [0.29, 0.717) is 6.54 Å². The molecular weight excluding hydrogens is 240 g/mol. The van der Waals surface area contributed by atoms with Crippen molar-refractivity contribution in [2.24, 2.45) is 0 Å². The average Bonchev–Trinajstić information content (AvgIpc) is 2.82. The van der Waals surface area contributed by atoms with Gasteiger partial charge in [-0.1, -0.05) is 19.1 Å². The van der Waals surface area contributed by atoms with Crippen LogP contribution in [0.3, 0.4) is 0 Å². The molecule has 102 valence electrons. The van der Waals surface area contributed by atoms with Gasteiger partial charge in [0.15, 0.2) is 0 Å². The molecule has 1 unspecified atom stereocenters. The normalized spacial score (nSPS) is 12.4. The summed E-state index contributed by atoms with van der Waals surface area (Å²) in [5.41, 5.74) is 0.886. The van der Waals surface area contributed by atoms with Crippen LogP contribution in [0.15, 0.2) is 36.7 Å². The Morgan fingerprint density at radius 3 is 2.63 bits per heavy atom. The molecule has 0 saturated carbocycles. The third-order valence-corrected chi connectivity index (χ3v) is 3.03. The van der Waals surface area contributed by atoms with E-state index in [2.05, 4.69) is 11.9 Å². The maximum absolute atomic E-state index is 10.2. The Hall–Kier alpha value is -1.81. The van der Waals surface area contributed by atoms with Gasteiger partial charge in [-0.2, -0.15) is 0 Å². The molecule has 19 heavy (non-hydrogen) atoms. The molecule has 0 aliphatic heterocycles. The van der Waals surface area contributed by atoms with Crippen LogP contribution < -0.4 is 4.74 Å². The number of aliphatic hydroxyl groups excluding tert-OH is 1. The molecule has 0 amide bonds. The third-order valence-electron chi connectivity index (χ3n) is 3.03. The van der Waals surface area contributed by atoms with Crippen LogP contribution in [0, 0.1) is 6.92 Å². The highest BCUT2D eigenvalue weighted by Crippen LogP contribution is 2.19. The van der Waals surface area contributed by atoms with Gasteiger partial charge < -0.3 is 14.4 Å². The summed E-state index contributed by atoms with van der Waals surface area (Å²) in [7, 11) is 0. The van der Waals surface area contributed by atoms with Crippen LogP contribution in [0.1, 0.15) is 30.8 Å². The van der Waals surface area contributed by atoms with Crippen LogP contribution in [-0.2, 0) is 6.54 Å². The second-order valence-corrected chi connectivity index (χ2v) is 4.56. The molecule has 0 fully saturated rings. The van der Waals surface area contributed by atoms with Crippen LogP contribution in [0.5, 0.6) is 5.75 Å². The molecule has 2 rings (SSSR count). The van der Waals surface area contributed by atoms with Gasteiger partial charge in [-0.3, -0.25) is 0 Å². The maximum Gasteiger partial charge on any atom is 0.119 e. The first-order valence-electron chi connectivity index (χ1n) is 6.59. The molecule has 0 aliphatic rings. The average molecular weight is 260 g/mol. The van der Waals surface area contributed by atoms with E-state index in [9.17, 15) is 5.11 Å². The number of ether oxygens (including phenoxy) is 1. The first-order chi connectivity index (χ1) is 9.20. The number of rotatable bonds is 6. The van der Waals surface area contributed by atoms with Gasteiger partial charge in [-0.25, -0.2) is 4.98 Å². The lowest BCUT2D eigenvalue weighted by Gasteiger charge is -2.13. The summed E-state index contributed by atoms with van der Waals surface area (Å²) in [5.74, 6) is 1.75. The van der Waals surface area contributed by atoms with Crippen molar-refractivity contribution in [3.63, 3.8) is 0 Å². The van der Waals surface area contributed by atoms with Crippen LogP contribution in [0.2, 0.25) is 0 Å². The van der Waals surface area contributed by atoms with Crippen molar-refractivity contribution < 1.29 is 9.84 Å². The Morgan fingerprint density at radius 2 is 2.05 bits per heavy atom. The Kier molecular flexibility index (Phi) is 4.58. The highest BCUT2D eigenvalue weighted by Gasteiger charge is 2.09. The standard InChI is InChI=1S/C15H20N2O2/c1-3-10-19-14-6-4-13(5-7-14)15(18)11-17-9-8-16-12(17)2/h4-9,15,18H,3,10-11H2,1-2H3. The number of hydrogen-bond acceptors (Lipinski definition) is 3. The molecule has 1 heterocycles. The zero-order valence-corrected chi connectivity index (χ0v) is 11.4. The fraction of sp³-hybridized carbons (Fsp3) is 0.400. The zero-order chi connectivity index (χ0) is 13.7. The van der Waals surface area contributed by atoms with Crippen LogP contribution in [0.4, 0.5) is 0 Å². The molecule has 4 nitrogen and oxygen atoms in total. The number of benzene rings is 1. The second kappa shape index (κ2) is 6.38. The second-order valence-electron chi connectivity index (χ2n) is 4.56. The first kappa shape index (κ1) is 13.6. The predicted molar refractivity (Wildman–Crippen MR) is 74.2 cm³/mol. The molecule has 1 N–H and O–H groups in total. The third kappa shape index (κ3) is 3.58. The molecule has 4 heteroatoms. The maximum atomic E-state index is 10.2. The van der Waals surface area contributed by atoms with Gasteiger partial charge in [0.25, 0.3) is 0 Å². The molecule has 0 spiro atoms. The lowest BCUT2D eigenvalue weighted by atomic mass is 10.1. The van der Waals surface area contributed by atoms with Crippen molar-refractivity contribution in [3.05, 3.63) is 48.0 Å². The van der Waals surface area contributed by atoms with Crippen molar-refractivity contribution in [3.8, 4) is 5.75 Å². The Labute approximate surface area is 113 Å². The minimum atomic E-state index is -0.534. The summed E-state index contributed by atoms with van der Waals surface area (Å²) in [6.07, 6.45) is 4.07. The van der Waals surface area contributed by atoms with E-state index < -0.39 is 6.10 Å². The molecule has 0 aliphatic carbocycles.